The number of carbonyl (C=O) groups excluding carboxylic acids is 1. The first-order valence-electron chi connectivity index (χ1n) is 12.1. The second-order valence-electron chi connectivity index (χ2n) is 9.24. The van der Waals surface area contributed by atoms with E-state index in [-0.39, 0.29) is 19.6 Å². The number of phosphoric ester groups is 1. The summed E-state index contributed by atoms with van der Waals surface area (Å²) in [6.45, 7) is 2.02. The number of rotatable bonds is 21. The smallest absolute Gasteiger partial charge is 0.463 e. The molecule has 9 heteroatoms. The molecular formula is C24H47NO7P+. The number of aliphatic hydroxyl groups excluding tert-OH is 1. The Morgan fingerprint density at radius 1 is 0.939 bits per heavy atom. The van der Waals surface area contributed by atoms with Crippen molar-refractivity contribution in [2.45, 2.75) is 77.2 Å². The van der Waals surface area contributed by atoms with Gasteiger partial charge in [0.2, 0.25) is 0 Å². The number of nitrogens with zero attached hydrogens (tertiary/aromatic N) is 1. The number of carbonyl (C=O) groups is 1. The van der Waals surface area contributed by atoms with Gasteiger partial charge in [0, 0.05) is 0 Å². The highest BCUT2D eigenvalue weighted by Gasteiger charge is 2.24. The predicted molar refractivity (Wildman–Crippen MR) is 132 cm³/mol. The average molecular weight is 493 g/mol. The van der Waals surface area contributed by atoms with E-state index in [2.05, 4.69) is 19.1 Å². The zero-order chi connectivity index (χ0) is 25.0. The number of hydrogen-bond acceptors (Lipinski definition) is 6. The van der Waals surface area contributed by atoms with Gasteiger partial charge in [-0.15, -0.1) is 0 Å². The molecule has 194 valence electrons. The van der Waals surface area contributed by atoms with Crippen molar-refractivity contribution in [1.29, 1.82) is 0 Å². The largest absolute Gasteiger partial charge is 0.472 e. The first-order chi connectivity index (χ1) is 15.6. The van der Waals surface area contributed by atoms with Crippen LogP contribution in [0.1, 0.15) is 71.1 Å². The molecule has 0 aliphatic heterocycles. The van der Waals surface area contributed by atoms with Gasteiger partial charge in [-0.3, -0.25) is 13.8 Å². The molecule has 0 bridgehead atoms. The molecule has 0 aliphatic rings. The molecular weight excluding hydrogens is 445 g/mol. The molecule has 0 heterocycles. The van der Waals surface area contributed by atoms with Crippen molar-refractivity contribution in [2.24, 2.45) is 0 Å². The molecule has 0 radical (unpaired) electrons. The Hall–Kier alpha value is -1.02. The van der Waals surface area contributed by atoms with Gasteiger partial charge in [-0.2, -0.15) is 0 Å². The normalized spacial score (nSPS) is 15.2. The molecule has 8 nitrogen and oxygen atoms in total. The summed E-state index contributed by atoms with van der Waals surface area (Å²) in [6.07, 6.45) is 17.8. The number of likely N-dealkylation sites (N-methyl/N-ethyl adjacent to an activating group) is 1. The number of aliphatic hydroxyl groups is 1. The number of esters is 1. The molecule has 1 unspecified atom stereocenters. The second-order valence-corrected chi connectivity index (χ2v) is 10.7. The van der Waals surface area contributed by atoms with Gasteiger partial charge in [-0.1, -0.05) is 69.8 Å². The van der Waals surface area contributed by atoms with Crippen LogP contribution in [0.5, 0.6) is 0 Å². The highest BCUT2D eigenvalue weighted by Crippen LogP contribution is 2.43. The molecule has 2 atom stereocenters. The lowest BCUT2D eigenvalue weighted by Gasteiger charge is -2.24. The van der Waals surface area contributed by atoms with Gasteiger partial charge in [0.05, 0.1) is 34.2 Å². The molecule has 0 aromatic rings. The van der Waals surface area contributed by atoms with Crippen LogP contribution in [0, 0.1) is 0 Å². The zero-order valence-electron chi connectivity index (χ0n) is 21.1. The lowest BCUT2D eigenvalue weighted by Crippen LogP contribution is -2.37. The Morgan fingerprint density at radius 2 is 1.58 bits per heavy atom. The van der Waals surface area contributed by atoms with E-state index < -0.39 is 26.5 Å². The van der Waals surface area contributed by atoms with Gasteiger partial charge in [-0.05, 0) is 19.3 Å². The standard InChI is InChI=1S/C24H46NO7P/c1-5-6-7-8-9-10-11-12-13-14-15-16-17-18-24(27)30-21-23(26)22-32-33(28,29)31-20-19-25(2,3)4/h13-14,16-17,23,26H,5-12,15,18-22H2,1-4H3/p+1/t23-/m1/s1. The minimum Gasteiger partial charge on any atom is -0.463 e. The number of allylic oxidation sites excluding steroid dienone is 3. The van der Waals surface area contributed by atoms with E-state index in [0.717, 1.165) is 12.8 Å². The van der Waals surface area contributed by atoms with Crippen LogP contribution in [0.4, 0.5) is 0 Å². The van der Waals surface area contributed by atoms with Crippen molar-refractivity contribution in [1.82, 2.24) is 0 Å². The van der Waals surface area contributed by atoms with E-state index in [1.807, 2.05) is 27.2 Å². The van der Waals surface area contributed by atoms with Crippen LogP contribution in [0.2, 0.25) is 0 Å². The summed E-state index contributed by atoms with van der Waals surface area (Å²) in [5.74, 6) is -0.483. The molecule has 0 aromatic heterocycles. The molecule has 0 saturated carbocycles. The minimum absolute atomic E-state index is 0.0447. The van der Waals surface area contributed by atoms with E-state index in [0.29, 0.717) is 11.0 Å². The van der Waals surface area contributed by atoms with Crippen molar-refractivity contribution < 1.29 is 37.6 Å². The van der Waals surface area contributed by atoms with E-state index >= 15 is 0 Å². The summed E-state index contributed by atoms with van der Waals surface area (Å²) < 4.78 is 26.9. The van der Waals surface area contributed by atoms with Crippen LogP contribution in [0.25, 0.3) is 0 Å². The van der Waals surface area contributed by atoms with Crippen molar-refractivity contribution in [3.05, 3.63) is 24.3 Å². The molecule has 0 fully saturated rings. The summed E-state index contributed by atoms with van der Waals surface area (Å²) >= 11 is 0. The SMILES string of the molecule is CCCCCCCCCC=CCC=CCC(=O)OC[C@@H](O)COP(=O)(O)OCC[N+](C)(C)C. The van der Waals surface area contributed by atoms with Crippen molar-refractivity contribution in [3.8, 4) is 0 Å². The third kappa shape index (κ3) is 23.9. The van der Waals surface area contributed by atoms with Crippen LogP contribution in [-0.4, -0.2) is 74.1 Å². The van der Waals surface area contributed by atoms with Gasteiger partial charge in [-0.25, -0.2) is 4.57 Å². The maximum absolute atomic E-state index is 11.8. The fourth-order valence-electron chi connectivity index (χ4n) is 2.73. The van der Waals surface area contributed by atoms with Crippen molar-refractivity contribution in [3.63, 3.8) is 0 Å². The molecule has 0 saturated heterocycles. The maximum Gasteiger partial charge on any atom is 0.472 e. The van der Waals surface area contributed by atoms with Gasteiger partial charge in [0.25, 0.3) is 0 Å². The average Bonchev–Trinajstić information content (AvgIpc) is 2.73. The first-order valence-corrected chi connectivity index (χ1v) is 13.6. The number of hydrogen-bond donors (Lipinski definition) is 2. The first kappa shape index (κ1) is 32.0. The van der Waals surface area contributed by atoms with E-state index in [4.69, 9.17) is 13.8 Å². The quantitative estimate of drug-likeness (QED) is 0.0783. The number of ether oxygens (including phenoxy) is 1. The lowest BCUT2D eigenvalue weighted by atomic mass is 10.1. The molecule has 0 aromatic carbocycles. The van der Waals surface area contributed by atoms with Crippen molar-refractivity contribution >= 4 is 13.8 Å². The van der Waals surface area contributed by atoms with E-state index in [9.17, 15) is 19.4 Å². The number of quaternary nitrogens is 1. The third-order valence-electron chi connectivity index (χ3n) is 4.75. The van der Waals surface area contributed by atoms with Gasteiger partial charge < -0.3 is 19.2 Å². The Bertz CT molecular complexity index is 602. The highest BCUT2D eigenvalue weighted by molar-refractivity contribution is 7.47. The van der Waals surface area contributed by atoms with Crippen LogP contribution in [0.3, 0.4) is 0 Å². The van der Waals surface area contributed by atoms with Crippen molar-refractivity contribution in [2.75, 3.05) is 47.5 Å². The minimum atomic E-state index is -4.25. The Morgan fingerprint density at radius 3 is 2.24 bits per heavy atom. The van der Waals surface area contributed by atoms with Crippen LogP contribution in [0.15, 0.2) is 24.3 Å². The highest BCUT2D eigenvalue weighted by atomic mass is 31.2. The number of phosphoric acid groups is 1. The third-order valence-corrected chi connectivity index (χ3v) is 5.73. The van der Waals surface area contributed by atoms with Gasteiger partial charge in [0.1, 0.15) is 25.9 Å². The fourth-order valence-corrected chi connectivity index (χ4v) is 3.48. The van der Waals surface area contributed by atoms with E-state index in [1.165, 1.54) is 44.9 Å². The summed E-state index contributed by atoms with van der Waals surface area (Å²) in [6, 6.07) is 0. The zero-order valence-corrected chi connectivity index (χ0v) is 22.0. The molecule has 0 aliphatic carbocycles. The Labute approximate surface area is 200 Å². The summed E-state index contributed by atoms with van der Waals surface area (Å²) in [4.78, 5) is 21.3. The molecule has 0 rings (SSSR count). The lowest BCUT2D eigenvalue weighted by molar-refractivity contribution is -0.870. The predicted octanol–water partition coefficient (Wildman–Crippen LogP) is 4.76. The topological polar surface area (TPSA) is 102 Å². The van der Waals surface area contributed by atoms with Crippen LogP contribution in [-0.2, 0) is 23.1 Å². The summed E-state index contributed by atoms with van der Waals surface area (Å²) in [5, 5.41) is 9.78. The van der Waals surface area contributed by atoms with E-state index in [1.54, 1.807) is 6.08 Å². The monoisotopic (exact) mass is 492 g/mol. The Balaban J connectivity index is 3.76. The molecule has 33 heavy (non-hydrogen) atoms. The fraction of sp³-hybridized carbons (Fsp3) is 0.792. The number of unbranched alkanes of at least 4 members (excludes halogenated alkanes) is 7. The molecule has 2 N–H and O–H groups in total. The summed E-state index contributed by atoms with van der Waals surface area (Å²) in [7, 11) is 1.52. The molecule has 0 amide bonds. The summed E-state index contributed by atoms with van der Waals surface area (Å²) in [5.41, 5.74) is 0. The Kier molecular flexibility index (Phi) is 18.7. The molecule has 0 spiro atoms. The second kappa shape index (κ2) is 19.3. The van der Waals surface area contributed by atoms with Crippen LogP contribution >= 0.6 is 7.82 Å². The van der Waals surface area contributed by atoms with Gasteiger partial charge >= 0.3 is 13.8 Å². The van der Waals surface area contributed by atoms with Crippen LogP contribution < -0.4 is 0 Å². The maximum atomic E-state index is 11.8. The van der Waals surface area contributed by atoms with Gasteiger partial charge in [0.15, 0.2) is 0 Å².